The van der Waals surface area contributed by atoms with Crippen LogP contribution < -0.4 is 18.9 Å². The van der Waals surface area contributed by atoms with E-state index in [-0.39, 0.29) is 23.4 Å². The second kappa shape index (κ2) is 15.3. The van der Waals surface area contributed by atoms with Gasteiger partial charge in [-0.3, -0.25) is 9.59 Å². The van der Waals surface area contributed by atoms with Gasteiger partial charge in [0.1, 0.15) is 34.6 Å². The minimum atomic E-state index is -0.370. The lowest BCUT2D eigenvalue weighted by Crippen LogP contribution is -2.11. The molecule has 0 atom stereocenters. The molecule has 0 aliphatic heterocycles. The Morgan fingerprint density at radius 2 is 0.976 bits per heavy atom. The van der Waals surface area contributed by atoms with Crippen molar-refractivity contribution in [3.05, 3.63) is 60.2 Å². The predicted octanol–water partition coefficient (Wildman–Crippen LogP) is 3.92. The molecular weight excluding hydrogens is 580 g/mol. The predicted molar refractivity (Wildman–Crippen MR) is 157 cm³/mol. The molecule has 0 unspecified atom stereocenters. The van der Waals surface area contributed by atoms with Crippen LogP contribution in [0.4, 0.5) is 0 Å². The third kappa shape index (κ3) is 8.73. The number of unbranched alkanes of at least 4 members (excludes halogenated alkanes) is 1. The Bertz CT molecular complexity index is 1360. The average Bonchev–Trinajstić information content (AvgIpc) is 3.54. The highest BCUT2D eigenvalue weighted by molar-refractivity contribution is 8.00. The van der Waals surface area contributed by atoms with Gasteiger partial charge in [-0.15, -0.1) is 20.4 Å². The molecule has 2 heterocycles. The van der Waals surface area contributed by atoms with Crippen LogP contribution in [0.5, 0.6) is 23.0 Å². The number of thioether (sulfide) groups is 2. The molecule has 2 aromatic carbocycles. The topological polar surface area (TPSA) is 132 Å². The van der Waals surface area contributed by atoms with Crippen molar-refractivity contribution in [1.82, 2.24) is 29.5 Å². The van der Waals surface area contributed by atoms with Gasteiger partial charge in [-0.25, -0.2) is 0 Å². The van der Waals surface area contributed by atoms with Crippen LogP contribution in [0.2, 0.25) is 0 Å². The second-order valence-electron chi connectivity index (χ2n) is 9.00. The Hall–Kier alpha value is -4.04. The Balaban J connectivity index is 1.16. The fourth-order valence-electron chi connectivity index (χ4n) is 3.80. The van der Waals surface area contributed by atoms with Crippen LogP contribution in [0.15, 0.2) is 58.8 Å². The molecular formula is C28H32N6O6S2. The molecule has 0 amide bonds. The van der Waals surface area contributed by atoms with E-state index in [0.717, 1.165) is 37.3 Å². The van der Waals surface area contributed by atoms with E-state index >= 15 is 0 Å². The molecule has 4 rings (SSSR count). The summed E-state index contributed by atoms with van der Waals surface area (Å²) < 4.78 is 24.7. The zero-order valence-corrected chi connectivity index (χ0v) is 25.4. The smallest absolute Gasteiger partial charge is 0.321 e. The number of esters is 2. The third-order valence-corrected chi connectivity index (χ3v) is 8.11. The quantitative estimate of drug-likeness (QED) is 0.0834. The van der Waals surface area contributed by atoms with E-state index in [2.05, 4.69) is 20.4 Å². The number of aryl methyl sites for hydroxylation is 2. The zero-order valence-electron chi connectivity index (χ0n) is 23.8. The maximum Gasteiger partial charge on any atom is 0.321 e. The fourth-order valence-corrected chi connectivity index (χ4v) is 5.21. The molecule has 0 aliphatic rings. The van der Waals surface area contributed by atoms with Crippen molar-refractivity contribution >= 4 is 35.5 Å². The van der Waals surface area contributed by atoms with Crippen LogP contribution in [-0.4, -0.2) is 67.2 Å². The average molecular weight is 613 g/mol. The Labute approximate surface area is 252 Å². The largest absolute Gasteiger partial charge is 0.497 e. The first kappa shape index (κ1) is 30.9. The van der Waals surface area contributed by atoms with Gasteiger partial charge in [-0.1, -0.05) is 23.5 Å². The van der Waals surface area contributed by atoms with Crippen molar-refractivity contribution in [2.45, 2.75) is 36.0 Å². The van der Waals surface area contributed by atoms with E-state index < -0.39 is 0 Å². The van der Waals surface area contributed by atoms with Gasteiger partial charge < -0.3 is 28.1 Å². The fraction of sp³-hybridized carbons (Fsp3) is 0.357. The second-order valence-corrected chi connectivity index (χ2v) is 10.9. The minimum Gasteiger partial charge on any atom is -0.497 e. The maximum absolute atomic E-state index is 12.2. The van der Waals surface area contributed by atoms with Crippen LogP contribution in [-0.2, 0) is 36.5 Å². The normalized spacial score (nSPS) is 10.9. The molecule has 0 saturated carbocycles. The van der Waals surface area contributed by atoms with Gasteiger partial charge in [-0.05, 0) is 61.4 Å². The van der Waals surface area contributed by atoms with Gasteiger partial charge in [0, 0.05) is 26.9 Å². The van der Waals surface area contributed by atoms with Gasteiger partial charge >= 0.3 is 11.9 Å². The maximum atomic E-state index is 12.2. The summed E-state index contributed by atoms with van der Waals surface area (Å²) >= 11 is 2.56. The summed E-state index contributed by atoms with van der Waals surface area (Å²) in [5, 5.41) is 18.3. The number of methoxy groups -OCH3 is 2. The third-order valence-electron chi connectivity index (χ3n) is 6.12. The van der Waals surface area contributed by atoms with Crippen LogP contribution >= 0.6 is 23.5 Å². The molecule has 14 heteroatoms. The number of nitrogens with zero attached hydrogens (tertiary/aromatic N) is 6. The lowest BCUT2D eigenvalue weighted by atomic mass is 10.2. The van der Waals surface area contributed by atoms with Crippen LogP contribution in [0.1, 0.15) is 24.5 Å². The molecule has 2 aromatic heterocycles. The summed E-state index contributed by atoms with van der Waals surface area (Å²) in [7, 11) is 6.93. The summed E-state index contributed by atoms with van der Waals surface area (Å²) in [5.74, 6) is 3.47. The zero-order chi connectivity index (χ0) is 29.9. The molecule has 0 N–H and O–H groups in total. The number of carbonyl (C=O) groups excluding carboxylic acids is 2. The van der Waals surface area contributed by atoms with Crippen molar-refractivity contribution in [3.63, 3.8) is 0 Å². The van der Waals surface area contributed by atoms with Crippen molar-refractivity contribution in [2.24, 2.45) is 14.1 Å². The summed E-state index contributed by atoms with van der Waals surface area (Å²) in [6.45, 7) is 0. The highest BCUT2D eigenvalue weighted by Gasteiger charge is 2.15. The van der Waals surface area contributed by atoms with Gasteiger partial charge in [0.25, 0.3) is 0 Å². The number of hydrogen-bond donors (Lipinski definition) is 0. The lowest BCUT2D eigenvalue weighted by molar-refractivity contribution is -0.132. The number of rotatable bonds is 15. The molecule has 4 aromatic rings. The molecule has 42 heavy (non-hydrogen) atoms. The molecule has 0 aliphatic carbocycles. The molecule has 0 radical (unpaired) electrons. The molecule has 0 fully saturated rings. The number of benzene rings is 2. The van der Waals surface area contributed by atoms with Gasteiger partial charge in [-0.2, -0.15) is 0 Å². The van der Waals surface area contributed by atoms with Crippen LogP contribution in [0.3, 0.4) is 0 Å². The Kier molecular flexibility index (Phi) is 11.2. The van der Waals surface area contributed by atoms with Gasteiger partial charge in [0.05, 0.1) is 25.7 Å². The van der Waals surface area contributed by atoms with Crippen molar-refractivity contribution in [1.29, 1.82) is 0 Å². The van der Waals surface area contributed by atoms with E-state index in [1.807, 2.05) is 23.2 Å². The molecule has 0 bridgehead atoms. The van der Waals surface area contributed by atoms with E-state index in [4.69, 9.17) is 18.9 Å². The first-order chi connectivity index (χ1) is 20.4. The number of hydrogen-bond acceptors (Lipinski definition) is 12. The molecule has 0 spiro atoms. The van der Waals surface area contributed by atoms with Gasteiger partial charge in [0.2, 0.25) is 0 Å². The Morgan fingerprint density at radius 3 is 1.33 bits per heavy atom. The molecule has 0 saturated heterocycles. The standard InChI is InChI=1S/C28H32N6O6S2/c1-33-23(29-31-27(33)41-17-25(35)39-21-13-9-19(37-3)10-14-21)7-5-6-8-24-30-32-28(34(24)2)42-18-26(36)40-22-15-11-20(38-4)12-16-22/h9-16H,5-8,17-18H2,1-4H3. The van der Waals surface area contributed by atoms with Crippen molar-refractivity contribution < 1.29 is 28.5 Å². The number of carbonyl (C=O) groups is 2. The van der Waals surface area contributed by atoms with Crippen LogP contribution in [0.25, 0.3) is 0 Å². The SMILES string of the molecule is COc1ccc(OC(=O)CSc2nnc(CCCCc3nnc(SCC(=O)Oc4ccc(OC)cc4)n3C)n2C)cc1. The Morgan fingerprint density at radius 1 is 0.619 bits per heavy atom. The first-order valence-electron chi connectivity index (χ1n) is 13.1. The van der Waals surface area contributed by atoms with E-state index in [1.54, 1.807) is 62.8 Å². The minimum absolute atomic E-state index is 0.115. The van der Waals surface area contributed by atoms with Gasteiger partial charge in [0.15, 0.2) is 10.3 Å². The van der Waals surface area contributed by atoms with E-state index in [9.17, 15) is 9.59 Å². The summed E-state index contributed by atoms with van der Waals surface area (Å²) in [6, 6.07) is 13.7. The van der Waals surface area contributed by atoms with E-state index in [0.29, 0.717) is 33.3 Å². The lowest BCUT2D eigenvalue weighted by Gasteiger charge is -2.06. The van der Waals surface area contributed by atoms with Crippen molar-refractivity contribution in [3.8, 4) is 23.0 Å². The summed E-state index contributed by atoms with van der Waals surface area (Å²) in [4.78, 5) is 24.5. The highest BCUT2D eigenvalue weighted by Crippen LogP contribution is 2.22. The summed E-state index contributed by atoms with van der Waals surface area (Å²) in [6.07, 6.45) is 3.22. The monoisotopic (exact) mass is 612 g/mol. The number of ether oxygens (including phenoxy) is 4. The first-order valence-corrected chi connectivity index (χ1v) is 15.0. The summed E-state index contributed by atoms with van der Waals surface area (Å²) in [5.41, 5.74) is 0. The van der Waals surface area contributed by atoms with Crippen LogP contribution in [0, 0.1) is 0 Å². The molecule has 12 nitrogen and oxygen atoms in total. The number of aromatic nitrogens is 6. The highest BCUT2D eigenvalue weighted by atomic mass is 32.2. The molecule has 222 valence electrons. The van der Waals surface area contributed by atoms with Crippen molar-refractivity contribution in [2.75, 3.05) is 25.7 Å². The van der Waals surface area contributed by atoms with E-state index in [1.165, 1.54) is 23.5 Å².